The Labute approximate surface area is 141 Å². The van der Waals surface area contributed by atoms with E-state index in [9.17, 15) is 9.18 Å². The number of halogens is 1. The van der Waals surface area contributed by atoms with Crippen LogP contribution in [0.3, 0.4) is 0 Å². The smallest absolute Gasteiger partial charge is 0.410 e. The van der Waals surface area contributed by atoms with Crippen LogP contribution < -0.4 is 0 Å². The molecule has 1 aromatic heterocycles. The van der Waals surface area contributed by atoms with Gasteiger partial charge in [-0.1, -0.05) is 6.92 Å². The fraction of sp³-hybridized carbons (Fsp3) is 0.526. The number of fused-ring (bicyclic) bond motifs is 1. The first-order valence-corrected chi connectivity index (χ1v) is 8.39. The van der Waals surface area contributed by atoms with Gasteiger partial charge in [0.15, 0.2) is 0 Å². The molecule has 1 aromatic carbocycles. The lowest BCUT2D eigenvalue weighted by molar-refractivity contribution is 0.0155. The van der Waals surface area contributed by atoms with Crippen molar-refractivity contribution in [2.45, 2.75) is 45.6 Å². The van der Waals surface area contributed by atoms with E-state index in [1.807, 2.05) is 26.8 Å². The number of furan rings is 1. The van der Waals surface area contributed by atoms with Crippen LogP contribution in [0.15, 0.2) is 28.9 Å². The number of piperidine rings is 1. The average molecular weight is 333 g/mol. The molecule has 4 nitrogen and oxygen atoms in total. The second-order valence-electron chi connectivity index (χ2n) is 7.63. The third kappa shape index (κ3) is 3.40. The van der Waals surface area contributed by atoms with Crippen LogP contribution in [-0.2, 0) is 4.74 Å². The lowest BCUT2D eigenvalue weighted by Crippen LogP contribution is -2.44. The molecule has 0 spiro atoms. The van der Waals surface area contributed by atoms with Gasteiger partial charge in [0.2, 0.25) is 0 Å². The van der Waals surface area contributed by atoms with Gasteiger partial charge >= 0.3 is 6.09 Å². The van der Waals surface area contributed by atoms with E-state index in [4.69, 9.17) is 9.15 Å². The van der Waals surface area contributed by atoms with Crippen LogP contribution in [0.5, 0.6) is 0 Å². The van der Waals surface area contributed by atoms with E-state index in [1.54, 1.807) is 17.2 Å². The van der Waals surface area contributed by atoms with Crippen LogP contribution in [0.1, 0.15) is 45.6 Å². The Hall–Kier alpha value is -2.04. The minimum atomic E-state index is -0.497. The number of carbonyl (C=O) groups excluding carboxylic acids is 1. The quantitative estimate of drug-likeness (QED) is 0.743. The van der Waals surface area contributed by atoms with E-state index in [0.29, 0.717) is 18.7 Å². The molecule has 2 atom stereocenters. The Morgan fingerprint density at radius 1 is 1.38 bits per heavy atom. The van der Waals surface area contributed by atoms with Crippen LogP contribution in [0.2, 0.25) is 0 Å². The van der Waals surface area contributed by atoms with Crippen molar-refractivity contribution in [3.8, 4) is 0 Å². The topological polar surface area (TPSA) is 42.7 Å². The third-order valence-electron chi connectivity index (χ3n) is 4.52. The number of benzene rings is 1. The summed E-state index contributed by atoms with van der Waals surface area (Å²) in [6.45, 7) is 8.91. The maximum atomic E-state index is 13.9. The molecule has 1 aliphatic heterocycles. The summed E-state index contributed by atoms with van der Waals surface area (Å²) in [4.78, 5) is 14.0. The van der Waals surface area contributed by atoms with Crippen molar-refractivity contribution in [3.05, 3.63) is 35.8 Å². The molecule has 3 rings (SSSR count). The fourth-order valence-corrected chi connectivity index (χ4v) is 3.47. The summed E-state index contributed by atoms with van der Waals surface area (Å²) < 4.78 is 24.7. The van der Waals surface area contributed by atoms with Crippen molar-refractivity contribution in [1.29, 1.82) is 0 Å². The second-order valence-corrected chi connectivity index (χ2v) is 7.63. The highest BCUT2D eigenvalue weighted by molar-refractivity contribution is 5.81. The summed E-state index contributed by atoms with van der Waals surface area (Å²) in [5.74, 6) is 0.125. The molecule has 1 fully saturated rings. The van der Waals surface area contributed by atoms with Crippen molar-refractivity contribution in [1.82, 2.24) is 4.90 Å². The van der Waals surface area contributed by atoms with Crippen LogP contribution in [0, 0.1) is 11.7 Å². The van der Waals surface area contributed by atoms with Gasteiger partial charge < -0.3 is 14.1 Å². The Morgan fingerprint density at radius 3 is 2.79 bits per heavy atom. The summed E-state index contributed by atoms with van der Waals surface area (Å²) in [5, 5.41) is 0.957. The van der Waals surface area contributed by atoms with E-state index < -0.39 is 5.60 Å². The number of amides is 1. The molecule has 1 saturated heterocycles. The van der Waals surface area contributed by atoms with E-state index in [2.05, 4.69) is 6.92 Å². The van der Waals surface area contributed by atoms with Gasteiger partial charge in [0, 0.05) is 24.5 Å². The van der Waals surface area contributed by atoms with Gasteiger partial charge in [0.1, 0.15) is 17.0 Å². The third-order valence-corrected chi connectivity index (χ3v) is 4.52. The van der Waals surface area contributed by atoms with Crippen LogP contribution in [-0.4, -0.2) is 29.7 Å². The van der Waals surface area contributed by atoms with Crippen LogP contribution in [0.4, 0.5) is 9.18 Å². The first kappa shape index (κ1) is 16.8. The first-order valence-electron chi connectivity index (χ1n) is 8.39. The molecule has 0 aliphatic carbocycles. The van der Waals surface area contributed by atoms with E-state index in [1.165, 1.54) is 6.07 Å². The van der Waals surface area contributed by atoms with Gasteiger partial charge in [-0.25, -0.2) is 9.18 Å². The number of ether oxygens (including phenoxy) is 1. The molecular formula is C19H24FNO3. The molecule has 2 heterocycles. The lowest BCUT2D eigenvalue weighted by Gasteiger charge is -2.38. The minimum Gasteiger partial charge on any atom is -0.464 e. The van der Waals surface area contributed by atoms with E-state index in [0.717, 1.165) is 17.4 Å². The number of nitrogens with zero attached hydrogens (tertiary/aromatic N) is 1. The van der Waals surface area contributed by atoms with E-state index in [-0.39, 0.29) is 23.7 Å². The van der Waals surface area contributed by atoms with Crippen molar-refractivity contribution in [3.63, 3.8) is 0 Å². The van der Waals surface area contributed by atoms with Gasteiger partial charge in [-0.15, -0.1) is 0 Å². The molecule has 2 aromatic rings. The van der Waals surface area contributed by atoms with E-state index >= 15 is 0 Å². The fourth-order valence-electron chi connectivity index (χ4n) is 3.47. The highest BCUT2D eigenvalue weighted by Gasteiger charge is 2.33. The summed E-state index contributed by atoms with van der Waals surface area (Å²) in [6.07, 6.45) is 2.10. The summed E-state index contributed by atoms with van der Waals surface area (Å²) >= 11 is 0. The monoisotopic (exact) mass is 333 g/mol. The Kier molecular flexibility index (Phi) is 4.28. The Bertz CT molecular complexity index is 747. The van der Waals surface area contributed by atoms with Crippen molar-refractivity contribution in [2.75, 3.05) is 13.1 Å². The van der Waals surface area contributed by atoms with Crippen LogP contribution in [0.25, 0.3) is 11.0 Å². The molecule has 0 unspecified atom stereocenters. The summed E-state index contributed by atoms with van der Waals surface area (Å²) in [6, 6.07) is 4.90. The maximum Gasteiger partial charge on any atom is 0.410 e. The van der Waals surface area contributed by atoms with Crippen LogP contribution >= 0.6 is 0 Å². The van der Waals surface area contributed by atoms with Crippen molar-refractivity contribution in [2.24, 2.45) is 5.92 Å². The number of likely N-dealkylation sites (tertiary alicyclic amines) is 1. The second kappa shape index (κ2) is 6.11. The normalized spacial score (nSPS) is 22.0. The molecular weight excluding hydrogens is 309 g/mol. The highest BCUT2D eigenvalue weighted by atomic mass is 19.1. The van der Waals surface area contributed by atoms with Gasteiger partial charge in [0.25, 0.3) is 0 Å². The molecule has 130 valence electrons. The Balaban J connectivity index is 1.78. The van der Waals surface area contributed by atoms with Gasteiger partial charge in [-0.3, -0.25) is 0 Å². The predicted octanol–water partition coefficient (Wildman–Crippen LogP) is 4.93. The summed E-state index contributed by atoms with van der Waals surface area (Å²) in [7, 11) is 0. The number of hydrogen-bond donors (Lipinski definition) is 0. The molecule has 24 heavy (non-hydrogen) atoms. The molecule has 0 N–H and O–H groups in total. The molecule has 0 bridgehead atoms. The molecule has 0 saturated carbocycles. The zero-order chi connectivity index (χ0) is 17.5. The summed E-state index contributed by atoms with van der Waals surface area (Å²) in [5.41, 5.74) is 1.05. The number of hydrogen-bond acceptors (Lipinski definition) is 3. The predicted molar refractivity (Wildman–Crippen MR) is 90.5 cm³/mol. The minimum absolute atomic E-state index is 0.194. The van der Waals surface area contributed by atoms with Crippen molar-refractivity contribution < 1.29 is 18.3 Å². The lowest BCUT2D eigenvalue weighted by atomic mass is 9.80. The Morgan fingerprint density at radius 2 is 2.12 bits per heavy atom. The zero-order valence-electron chi connectivity index (χ0n) is 14.6. The SMILES string of the molecule is C[C@@H]1CN(C(=O)OC(C)(C)C)CC[C@@H]1c1cc(F)cc2occc12. The number of rotatable bonds is 1. The molecule has 0 radical (unpaired) electrons. The molecule has 1 amide bonds. The van der Waals surface area contributed by atoms with Gasteiger partial charge in [-0.05, 0) is 56.7 Å². The van der Waals surface area contributed by atoms with Crippen molar-refractivity contribution >= 4 is 17.1 Å². The zero-order valence-corrected chi connectivity index (χ0v) is 14.6. The maximum absolute atomic E-state index is 13.9. The number of carbonyl (C=O) groups is 1. The highest BCUT2D eigenvalue weighted by Crippen LogP contribution is 2.37. The standard InChI is InChI=1S/C19H24FNO3/c1-12-11-21(18(22)24-19(2,3)4)7-5-14(12)16-9-13(20)10-17-15(16)6-8-23-17/h6,8-10,12,14H,5,7,11H2,1-4H3/t12-,14+/m1/s1. The van der Waals surface area contributed by atoms with Gasteiger partial charge in [-0.2, -0.15) is 0 Å². The first-order chi connectivity index (χ1) is 11.2. The largest absolute Gasteiger partial charge is 0.464 e. The van der Waals surface area contributed by atoms with Gasteiger partial charge in [0.05, 0.1) is 6.26 Å². The molecule has 5 heteroatoms. The average Bonchev–Trinajstić information content (AvgIpc) is 2.92. The molecule has 1 aliphatic rings.